The number of benzene rings is 1. The van der Waals surface area contributed by atoms with E-state index in [4.69, 9.17) is 26.2 Å². The Hall–Kier alpha value is -2.42. The third kappa shape index (κ3) is 5.44. The molecule has 0 saturated carbocycles. The van der Waals surface area contributed by atoms with Crippen LogP contribution in [-0.4, -0.2) is 82.8 Å². The fourth-order valence-corrected chi connectivity index (χ4v) is 4.54. The number of hydrogen-bond donors (Lipinski definition) is 1. The van der Waals surface area contributed by atoms with Crippen LogP contribution in [0, 0.1) is 6.92 Å². The van der Waals surface area contributed by atoms with Gasteiger partial charge in [-0.3, -0.25) is 14.5 Å². The summed E-state index contributed by atoms with van der Waals surface area (Å²) in [5, 5.41) is 7.63. The first-order valence-corrected chi connectivity index (χ1v) is 10.6. The van der Waals surface area contributed by atoms with Crippen molar-refractivity contribution in [3.8, 4) is 11.4 Å². The molecule has 1 aromatic carbocycles. The van der Waals surface area contributed by atoms with Crippen molar-refractivity contribution in [3.63, 3.8) is 0 Å². The van der Waals surface area contributed by atoms with E-state index in [1.165, 1.54) is 0 Å². The highest BCUT2D eigenvalue weighted by Crippen LogP contribution is 2.34. The van der Waals surface area contributed by atoms with E-state index in [9.17, 15) is 4.79 Å². The zero-order valence-corrected chi connectivity index (χ0v) is 18.8. The van der Waals surface area contributed by atoms with Crippen LogP contribution in [-0.2, 0) is 14.3 Å². The van der Waals surface area contributed by atoms with E-state index in [-0.39, 0.29) is 18.5 Å². The van der Waals surface area contributed by atoms with Crippen molar-refractivity contribution >= 4 is 24.0 Å². The molecule has 168 valence electrons. The maximum absolute atomic E-state index is 12.0. The van der Waals surface area contributed by atoms with Gasteiger partial charge in [-0.15, -0.1) is 0 Å². The van der Waals surface area contributed by atoms with Gasteiger partial charge in [-0.1, -0.05) is 11.6 Å². The van der Waals surface area contributed by atoms with E-state index in [2.05, 4.69) is 27.6 Å². The van der Waals surface area contributed by atoms with Crippen LogP contribution in [0.1, 0.15) is 24.4 Å². The zero-order valence-electron chi connectivity index (χ0n) is 18.1. The van der Waals surface area contributed by atoms with Crippen LogP contribution >= 0.6 is 11.6 Å². The molecule has 9 heteroatoms. The van der Waals surface area contributed by atoms with E-state index < -0.39 is 0 Å². The predicted octanol–water partition coefficient (Wildman–Crippen LogP) is 2.71. The summed E-state index contributed by atoms with van der Waals surface area (Å²) in [4.78, 5) is 29.1. The monoisotopic (exact) mass is 448 g/mol. The second-order valence-electron chi connectivity index (χ2n) is 8.17. The fraction of sp³-hybridized carbons (Fsp3) is 0.500. The van der Waals surface area contributed by atoms with E-state index in [0.29, 0.717) is 25.1 Å². The molecule has 2 fully saturated rings. The number of carboxylic acid groups (broad SMARTS) is 1. The first-order chi connectivity index (χ1) is 14.8. The Morgan fingerprint density at radius 1 is 1.35 bits per heavy atom. The number of aryl methyl sites for hydroxylation is 1. The van der Waals surface area contributed by atoms with Crippen LogP contribution in [0.25, 0.3) is 11.4 Å². The maximum Gasteiger partial charge on any atom is 0.290 e. The second-order valence-corrected chi connectivity index (χ2v) is 8.60. The van der Waals surface area contributed by atoms with Gasteiger partial charge >= 0.3 is 0 Å². The van der Waals surface area contributed by atoms with Crippen molar-refractivity contribution in [2.24, 2.45) is 0 Å². The number of amides is 1. The van der Waals surface area contributed by atoms with Crippen molar-refractivity contribution in [1.29, 1.82) is 0 Å². The first-order valence-electron chi connectivity index (χ1n) is 10.3. The van der Waals surface area contributed by atoms with Gasteiger partial charge in [0.2, 0.25) is 5.91 Å². The lowest BCUT2D eigenvalue weighted by atomic mass is 10.1. The highest BCUT2D eigenvalue weighted by molar-refractivity contribution is 6.30. The van der Waals surface area contributed by atoms with Crippen LogP contribution in [0.3, 0.4) is 0 Å². The zero-order chi connectivity index (χ0) is 22.5. The van der Waals surface area contributed by atoms with Crippen LogP contribution in [0.4, 0.5) is 0 Å². The van der Waals surface area contributed by atoms with Gasteiger partial charge in [0.05, 0.1) is 19.1 Å². The molecular weight excluding hydrogens is 420 g/mol. The Morgan fingerprint density at radius 2 is 2.10 bits per heavy atom. The lowest BCUT2D eigenvalue weighted by Gasteiger charge is -2.35. The molecule has 2 aliphatic rings. The number of fused-ring (bicyclic) bond motifs is 1. The summed E-state index contributed by atoms with van der Waals surface area (Å²) < 4.78 is 8.28. The molecule has 2 saturated heterocycles. The van der Waals surface area contributed by atoms with Crippen molar-refractivity contribution < 1.29 is 19.4 Å². The van der Waals surface area contributed by atoms with Gasteiger partial charge < -0.3 is 19.3 Å². The van der Waals surface area contributed by atoms with Crippen molar-refractivity contribution in [1.82, 2.24) is 19.4 Å². The molecule has 2 aliphatic heterocycles. The molecule has 4 rings (SSSR count). The molecule has 1 amide bonds. The number of morpholine rings is 1. The molecule has 0 aliphatic carbocycles. The number of imidazole rings is 1. The van der Waals surface area contributed by atoms with Gasteiger partial charge in [0.25, 0.3) is 6.47 Å². The highest BCUT2D eigenvalue weighted by atomic mass is 35.5. The smallest absolute Gasteiger partial charge is 0.290 e. The molecule has 8 nitrogen and oxygen atoms in total. The summed E-state index contributed by atoms with van der Waals surface area (Å²) >= 11 is 6.12. The largest absolute Gasteiger partial charge is 0.483 e. The van der Waals surface area contributed by atoms with Gasteiger partial charge in [0.1, 0.15) is 5.82 Å². The highest BCUT2D eigenvalue weighted by Gasteiger charge is 2.39. The van der Waals surface area contributed by atoms with E-state index >= 15 is 0 Å². The van der Waals surface area contributed by atoms with Crippen molar-refractivity contribution in [2.75, 3.05) is 33.8 Å². The molecule has 0 unspecified atom stereocenters. The molecule has 0 radical (unpaired) electrons. The molecule has 3 atom stereocenters. The average Bonchev–Trinajstić information content (AvgIpc) is 3.34. The topological polar surface area (TPSA) is 87.9 Å². The minimum absolute atomic E-state index is 0.0225. The number of nitrogens with zero attached hydrogens (tertiary/aromatic N) is 4. The van der Waals surface area contributed by atoms with Gasteiger partial charge in [0, 0.05) is 62.2 Å². The average molecular weight is 449 g/mol. The molecule has 3 heterocycles. The second kappa shape index (κ2) is 10.3. The van der Waals surface area contributed by atoms with Crippen LogP contribution in [0.5, 0.6) is 0 Å². The Bertz CT molecular complexity index is 917. The van der Waals surface area contributed by atoms with E-state index in [1.807, 2.05) is 24.4 Å². The normalized spacial score (nSPS) is 22.9. The third-order valence-electron chi connectivity index (χ3n) is 5.86. The van der Waals surface area contributed by atoms with E-state index in [0.717, 1.165) is 41.5 Å². The van der Waals surface area contributed by atoms with Crippen molar-refractivity contribution in [2.45, 2.75) is 38.0 Å². The number of carbonyl (C=O) groups is 2. The maximum atomic E-state index is 12.0. The number of aromatic nitrogens is 2. The predicted molar refractivity (Wildman–Crippen MR) is 118 cm³/mol. The molecular formula is C22H29ClN4O4. The van der Waals surface area contributed by atoms with Gasteiger partial charge in [-0.25, -0.2) is 4.98 Å². The van der Waals surface area contributed by atoms with Crippen LogP contribution in [0.2, 0.25) is 5.02 Å². The fourth-order valence-electron chi connectivity index (χ4n) is 4.31. The Labute approximate surface area is 187 Å². The Kier molecular flexibility index (Phi) is 7.69. The van der Waals surface area contributed by atoms with Crippen LogP contribution < -0.4 is 0 Å². The minimum Gasteiger partial charge on any atom is -0.483 e. The number of hydrogen-bond acceptors (Lipinski definition) is 5. The third-order valence-corrected chi connectivity index (χ3v) is 6.10. The quantitative estimate of drug-likeness (QED) is 0.723. The number of rotatable bonds is 4. The summed E-state index contributed by atoms with van der Waals surface area (Å²) in [5.41, 5.74) is 2.24. The minimum atomic E-state index is -0.250. The summed E-state index contributed by atoms with van der Waals surface area (Å²) in [6.45, 7) is 4.27. The van der Waals surface area contributed by atoms with Crippen LogP contribution in [0.15, 0.2) is 30.6 Å². The van der Waals surface area contributed by atoms with Gasteiger partial charge in [-0.2, -0.15) is 0 Å². The van der Waals surface area contributed by atoms with Crippen molar-refractivity contribution in [3.05, 3.63) is 41.2 Å². The summed E-state index contributed by atoms with van der Waals surface area (Å²) in [7, 11) is 3.58. The lowest BCUT2D eigenvalue weighted by molar-refractivity contribution is -0.134. The number of ether oxygens (including phenoxy) is 1. The molecule has 1 aromatic heterocycles. The van der Waals surface area contributed by atoms with Gasteiger partial charge in [0.15, 0.2) is 0 Å². The Balaban J connectivity index is 0.000000858. The molecule has 0 bridgehead atoms. The molecule has 0 spiro atoms. The number of halogens is 1. The lowest BCUT2D eigenvalue weighted by Crippen LogP contribution is -2.47. The number of carbonyl (C=O) groups excluding carboxylic acids is 1. The molecule has 1 N–H and O–H groups in total. The summed E-state index contributed by atoms with van der Waals surface area (Å²) in [6, 6.07) is 6.70. The van der Waals surface area contributed by atoms with Gasteiger partial charge in [-0.05, 0) is 37.1 Å². The van der Waals surface area contributed by atoms with E-state index in [1.54, 1.807) is 19.0 Å². The Morgan fingerprint density at radius 3 is 2.77 bits per heavy atom. The molecule has 2 aromatic rings. The standard InChI is InChI=1S/C21H27ClN4O2.CH2O2/c1-14-8-15(22)4-5-19(14)21-23-6-7-26(21)16-9-17-13-28-18(12-25(17)11-16)10-20(27)24(2)3;2-1-3/h4-8,16-18H,9-13H2,1-3H3;1H,(H,2,3)/t16-,17+,18+;/m1./s1. The SMILES string of the molecule is Cc1cc(Cl)ccc1-c1nccn1[C@@H]1C[C@H]2CO[C@@H](CC(=O)N(C)C)CN2C1.O=CO. The summed E-state index contributed by atoms with van der Waals surface area (Å²) in [6.07, 6.45) is 5.40. The first kappa shape index (κ1) is 23.2. The molecule has 31 heavy (non-hydrogen) atoms. The summed E-state index contributed by atoms with van der Waals surface area (Å²) in [5.74, 6) is 1.11.